The van der Waals surface area contributed by atoms with Crippen LogP contribution in [0.3, 0.4) is 0 Å². The Balaban J connectivity index is 1.78. The summed E-state index contributed by atoms with van der Waals surface area (Å²) in [5.74, 6) is -1.63. The van der Waals surface area contributed by atoms with E-state index in [2.05, 4.69) is 10.1 Å². The number of carbonyl (C=O) groups is 3. The van der Waals surface area contributed by atoms with E-state index in [0.717, 1.165) is 17.7 Å². The third-order valence-corrected chi connectivity index (χ3v) is 6.89. The van der Waals surface area contributed by atoms with Gasteiger partial charge in [-0.2, -0.15) is 8.78 Å². The molecule has 0 aliphatic heterocycles. The molecule has 2 N–H and O–H groups in total. The number of carboxylic acids is 1. The van der Waals surface area contributed by atoms with E-state index in [-0.39, 0.29) is 35.8 Å². The predicted octanol–water partition coefficient (Wildman–Crippen LogP) is 5.51. The number of nitrogens with one attached hydrogen (secondary N) is 1. The molecule has 1 aliphatic rings. The standard InChI is InChI=1S/C23H25F2NO5S/c1-2-16-11-17(20(30)14-5-7-15(8-6-14)31-22(24)25)21(32-16)26-18(27)12-23(13-19(28)29)9-3-4-10-23/h5-8,11,22H,2-4,9-10,12-13H2,1H3,(H,26,27)(H,28,29). The maximum atomic E-state index is 13.1. The van der Waals surface area contributed by atoms with E-state index >= 15 is 0 Å². The Morgan fingerprint density at radius 3 is 2.38 bits per heavy atom. The Labute approximate surface area is 188 Å². The van der Waals surface area contributed by atoms with Crippen LogP contribution in [0.25, 0.3) is 0 Å². The minimum atomic E-state index is -2.95. The van der Waals surface area contributed by atoms with Crippen molar-refractivity contribution in [3.05, 3.63) is 46.3 Å². The lowest BCUT2D eigenvalue weighted by atomic mass is 9.79. The highest BCUT2D eigenvalue weighted by atomic mass is 32.1. The maximum Gasteiger partial charge on any atom is 0.387 e. The summed E-state index contributed by atoms with van der Waals surface area (Å²) in [7, 11) is 0. The number of aryl methyl sites for hydroxylation is 1. The molecule has 2 aromatic rings. The van der Waals surface area contributed by atoms with E-state index < -0.39 is 18.0 Å². The van der Waals surface area contributed by atoms with Crippen molar-refractivity contribution in [1.29, 1.82) is 0 Å². The van der Waals surface area contributed by atoms with Gasteiger partial charge in [0.25, 0.3) is 0 Å². The molecule has 1 aromatic heterocycles. The van der Waals surface area contributed by atoms with Gasteiger partial charge in [0.05, 0.1) is 12.0 Å². The molecular formula is C23H25F2NO5S. The van der Waals surface area contributed by atoms with Crippen LogP contribution < -0.4 is 10.1 Å². The van der Waals surface area contributed by atoms with Gasteiger partial charge in [-0.3, -0.25) is 14.4 Å². The summed E-state index contributed by atoms with van der Waals surface area (Å²) in [5, 5.41) is 12.5. The molecule has 6 nitrogen and oxygen atoms in total. The highest BCUT2D eigenvalue weighted by Crippen LogP contribution is 2.44. The quantitative estimate of drug-likeness (QED) is 0.452. The molecule has 32 heavy (non-hydrogen) atoms. The molecule has 3 rings (SSSR count). The Kier molecular flexibility index (Phi) is 7.60. The number of carbonyl (C=O) groups excluding carboxylic acids is 2. The van der Waals surface area contributed by atoms with E-state index in [1.54, 1.807) is 6.07 Å². The number of amides is 1. The van der Waals surface area contributed by atoms with Crippen LogP contribution in [0.1, 0.15) is 66.2 Å². The summed E-state index contributed by atoms with van der Waals surface area (Å²) in [6, 6.07) is 7.10. The number of ketones is 1. The van der Waals surface area contributed by atoms with Crippen LogP contribution in [-0.4, -0.2) is 29.4 Å². The van der Waals surface area contributed by atoms with Gasteiger partial charge in [0.1, 0.15) is 10.8 Å². The monoisotopic (exact) mass is 465 g/mol. The summed E-state index contributed by atoms with van der Waals surface area (Å²) in [4.78, 5) is 38.1. The summed E-state index contributed by atoms with van der Waals surface area (Å²) in [6.45, 7) is -1.02. The number of ether oxygens (including phenoxy) is 1. The predicted molar refractivity (Wildman–Crippen MR) is 117 cm³/mol. The lowest BCUT2D eigenvalue weighted by Gasteiger charge is -2.26. The van der Waals surface area contributed by atoms with E-state index in [4.69, 9.17) is 0 Å². The van der Waals surface area contributed by atoms with E-state index in [0.29, 0.717) is 29.8 Å². The molecule has 0 spiro atoms. The van der Waals surface area contributed by atoms with Gasteiger partial charge in [-0.05, 0) is 55.0 Å². The van der Waals surface area contributed by atoms with Crippen molar-refractivity contribution in [2.24, 2.45) is 5.41 Å². The highest BCUT2D eigenvalue weighted by molar-refractivity contribution is 7.16. The SMILES string of the molecule is CCc1cc(C(=O)c2ccc(OC(F)F)cc2)c(NC(=O)CC2(CC(=O)O)CCCC2)s1. The lowest BCUT2D eigenvalue weighted by molar-refractivity contribution is -0.140. The molecule has 0 radical (unpaired) electrons. The van der Waals surface area contributed by atoms with Crippen LogP contribution >= 0.6 is 11.3 Å². The van der Waals surface area contributed by atoms with E-state index in [1.165, 1.54) is 35.6 Å². The Morgan fingerprint density at radius 1 is 1.16 bits per heavy atom. The van der Waals surface area contributed by atoms with Gasteiger partial charge < -0.3 is 15.2 Å². The average Bonchev–Trinajstić information content (AvgIpc) is 3.34. The molecule has 1 saturated carbocycles. The fraction of sp³-hybridized carbons (Fsp3) is 0.435. The summed E-state index contributed by atoms with van der Waals surface area (Å²) < 4.78 is 29.0. The third-order valence-electron chi connectivity index (χ3n) is 5.70. The zero-order chi connectivity index (χ0) is 23.3. The normalized spacial score (nSPS) is 15.0. The number of halogens is 2. The van der Waals surface area contributed by atoms with Gasteiger partial charge >= 0.3 is 12.6 Å². The summed E-state index contributed by atoms with van der Waals surface area (Å²) in [5.41, 5.74) is 0.0491. The van der Waals surface area contributed by atoms with Crippen LogP contribution in [-0.2, 0) is 16.0 Å². The van der Waals surface area contributed by atoms with Crippen molar-refractivity contribution in [2.75, 3.05) is 5.32 Å². The van der Waals surface area contributed by atoms with Crippen LogP contribution in [0.2, 0.25) is 0 Å². The zero-order valence-corrected chi connectivity index (χ0v) is 18.5. The summed E-state index contributed by atoms with van der Waals surface area (Å²) >= 11 is 1.30. The van der Waals surface area contributed by atoms with Gasteiger partial charge in [0.2, 0.25) is 5.91 Å². The Bertz CT molecular complexity index is 981. The van der Waals surface area contributed by atoms with Crippen LogP contribution in [0.4, 0.5) is 13.8 Å². The van der Waals surface area contributed by atoms with Crippen molar-refractivity contribution < 1.29 is 33.0 Å². The number of aliphatic carboxylic acids is 1. The topological polar surface area (TPSA) is 92.7 Å². The molecule has 172 valence electrons. The summed E-state index contributed by atoms with van der Waals surface area (Å²) in [6.07, 6.45) is 3.89. The van der Waals surface area contributed by atoms with Crippen molar-refractivity contribution in [3.8, 4) is 5.75 Å². The maximum absolute atomic E-state index is 13.1. The van der Waals surface area contributed by atoms with E-state index in [9.17, 15) is 28.3 Å². The van der Waals surface area contributed by atoms with E-state index in [1.807, 2.05) is 6.92 Å². The first kappa shape index (κ1) is 23.8. The van der Waals surface area contributed by atoms with Crippen LogP contribution in [0.5, 0.6) is 5.75 Å². The van der Waals surface area contributed by atoms with Crippen molar-refractivity contribution in [2.45, 2.75) is 58.5 Å². The number of rotatable bonds is 10. The van der Waals surface area contributed by atoms with Crippen molar-refractivity contribution in [3.63, 3.8) is 0 Å². The number of thiophene rings is 1. The van der Waals surface area contributed by atoms with Gasteiger partial charge in [0, 0.05) is 16.9 Å². The minimum Gasteiger partial charge on any atom is -0.481 e. The molecule has 0 bridgehead atoms. The fourth-order valence-electron chi connectivity index (χ4n) is 4.19. The molecule has 1 aliphatic carbocycles. The highest BCUT2D eigenvalue weighted by Gasteiger charge is 2.38. The number of hydrogen-bond acceptors (Lipinski definition) is 5. The molecule has 0 atom stereocenters. The first-order valence-electron chi connectivity index (χ1n) is 10.5. The lowest BCUT2D eigenvalue weighted by Crippen LogP contribution is -2.27. The smallest absolute Gasteiger partial charge is 0.387 e. The first-order chi connectivity index (χ1) is 15.2. The van der Waals surface area contributed by atoms with Crippen molar-refractivity contribution >= 4 is 34.0 Å². The minimum absolute atomic E-state index is 0.0510. The van der Waals surface area contributed by atoms with Gasteiger partial charge in [-0.15, -0.1) is 11.3 Å². The van der Waals surface area contributed by atoms with Crippen molar-refractivity contribution in [1.82, 2.24) is 0 Å². The first-order valence-corrected chi connectivity index (χ1v) is 11.3. The second-order valence-corrected chi connectivity index (χ2v) is 9.18. The van der Waals surface area contributed by atoms with Gasteiger partial charge in [-0.25, -0.2) is 0 Å². The number of alkyl halides is 2. The Hall–Kier alpha value is -2.81. The molecule has 0 saturated heterocycles. The van der Waals surface area contributed by atoms with Crippen LogP contribution in [0.15, 0.2) is 30.3 Å². The molecule has 0 unspecified atom stereocenters. The Morgan fingerprint density at radius 2 is 1.81 bits per heavy atom. The molecule has 1 heterocycles. The second-order valence-electron chi connectivity index (χ2n) is 8.04. The molecule has 9 heteroatoms. The largest absolute Gasteiger partial charge is 0.481 e. The number of hydrogen-bond donors (Lipinski definition) is 2. The van der Waals surface area contributed by atoms with Crippen LogP contribution in [0, 0.1) is 5.41 Å². The average molecular weight is 466 g/mol. The molecular weight excluding hydrogens is 440 g/mol. The number of carboxylic acid groups (broad SMARTS) is 1. The zero-order valence-electron chi connectivity index (χ0n) is 17.7. The molecule has 1 fully saturated rings. The number of anilines is 1. The molecule has 1 amide bonds. The fourth-order valence-corrected chi connectivity index (χ4v) is 5.20. The number of benzene rings is 1. The van der Waals surface area contributed by atoms with Gasteiger partial charge in [0.15, 0.2) is 5.78 Å². The second kappa shape index (κ2) is 10.2. The molecule has 1 aromatic carbocycles. The third kappa shape index (κ3) is 5.91. The van der Waals surface area contributed by atoms with Gasteiger partial charge in [-0.1, -0.05) is 19.8 Å².